The highest BCUT2D eigenvalue weighted by atomic mass is 14.6. The van der Waals surface area contributed by atoms with Crippen molar-refractivity contribution in [3.8, 4) is 0 Å². The first-order valence-electron chi connectivity index (χ1n) is 4.11. The summed E-state index contributed by atoms with van der Waals surface area (Å²) in [7, 11) is 0. The lowest BCUT2D eigenvalue weighted by Crippen LogP contribution is -2.18. The molecular weight excluding hydrogens is 122 g/mol. The second-order valence-electron chi connectivity index (χ2n) is 2.83. The zero-order chi connectivity index (χ0) is 7.98. The van der Waals surface area contributed by atoms with Crippen LogP contribution in [0.5, 0.6) is 0 Å². The standard InChI is InChI=1S/C9H19N/c1-4-6-8(3)7-9(10)5-2/h6,9H,4-5,7,10H2,1-3H3/b8-6-. The average molecular weight is 141 g/mol. The van der Waals surface area contributed by atoms with Gasteiger partial charge in [0.2, 0.25) is 0 Å². The predicted molar refractivity (Wildman–Crippen MR) is 46.9 cm³/mol. The van der Waals surface area contributed by atoms with Gasteiger partial charge in [-0.05, 0) is 26.2 Å². The first kappa shape index (κ1) is 9.70. The molecule has 2 N–H and O–H groups in total. The van der Waals surface area contributed by atoms with Gasteiger partial charge in [-0.2, -0.15) is 0 Å². The zero-order valence-corrected chi connectivity index (χ0v) is 7.35. The van der Waals surface area contributed by atoms with E-state index < -0.39 is 0 Å². The van der Waals surface area contributed by atoms with Crippen LogP contribution < -0.4 is 5.73 Å². The zero-order valence-electron chi connectivity index (χ0n) is 7.35. The van der Waals surface area contributed by atoms with Crippen molar-refractivity contribution >= 4 is 0 Å². The number of allylic oxidation sites excluding steroid dienone is 1. The summed E-state index contributed by atoms with van der Waals surface area (Å²) in [6.07, 6.45) is 5.51. The third-order valence-corrected chi connectivity index (χ3v) is 1.66. The van der Waals surface area contributed by atoms with E-state index in [1.54, 1.807) is 0 Å². The van der Waals surface area contributed by atoms with Crippen LogP contribution in [-0.2, 0) is 0 Å². The Morgan fingerprint density at radius 3 is 2.50 bits per heavy atom. The molecule has 0 rings (SSSR count). The highest BCUT2D eigenvalue weighted by Gasteiger charge is 1.98. The Kier molecular flexibility index (Phi) is 5.32. The summed E-state index contributed by atoms with van der Waals surface area (Å²) in [5.41, 5.74) is 7.19. The summed E-state index contributed by atoms with van der Waals surface area (Å²) in [6.45, 7) is 6.43. The van der Waals surface area contributed by atoms with Crippen molar-refractivity contribution in [2.24, 2.45) is 5.73 Å². The maximum atomic E-state index is 5.76. The molecule has 0 saturated carbocycles. The molecule has 60 valence electrons. The van der Waals surface area contributed by atoms with Gasteiger partial charge in [-0.1, -0.05) is 25.5 Å². The minimum Gasteiger partial charge on any atom is -0.327 e. The van der Waals surface area contributed by atoms with E-state index in [-0.39, 0.29) is 0 Å². The van der Waals surface area contributed by atoms with Gasteiger partial charge in [0, 0.05) is 6.04 Å². The Morgan fingerprint density at radius 2 is 2.10 bits per heavy atom. The summed E-state index contributed by atoms with van der Waals surface area (Å²) in [4.78, 5) is 0. The van der Waals surface area contributed by atoms with Crippen molar-refractivity contribution < 1.29 is 0 Å². The molecule has 0 saturated heterocycles. The van der Waals surface area contributed by atoms with Crippen molar-refractivity contribution in [3.05, 3.63) is 11.6 Å². The fourth-order valence-electron chi connectivity index (χ4n) is 0.990. The molecule has 0 aliphatic heterocycles. The molecule has 0 amide bonds. The summed E-state index contributed by atoms with van der Waals surface area (Å²) < 4.78 is 0. The summed E-state index contributed by atoms with van der Waals surface area (Å²) in [5.74, 6) is 0. The monoisotopic (exact) mass is 141 g/mol. The van der Waals surface area contributed by atoms with Crippen LogP contribution in [0.4, 0.5) is 0 Å². The Morgan fingerprint density at radius 1 is 1.50 bits per heavy atom. The van der Waals surface area contributed by atoms with Crippen LogP contribution in [0.3, 0.4) is 0 Å². The van der Waals surface area contributed by atoms with E-state index in [0.29, 0.717) is 6.04 Å². The van der Waals surface area contributed by atoms with Crippen LogP contribution in [0.2, 0.25) is 0 Å². The normalized spacial score (nSPS) is 15.4. The van der Waals surface area contributed by atoms with Gasteiger partial charge < -0.3 is 5.73 Å². The number of hydrogen-bond acceptors (Lipinski definition) is 1. The topological polar surface area (TPSA) is 26.0 Å². The van der Waals surface area contributed by atoms with Gasteiger partial charge in [0.15, 0.2) is 0 Å². The fourth-order valence-corrected chi connectivity index (χ4v) is 0.990. The highest BCUT2D eigenvalue weighted by Crippen LogP contribution is 2.05. The van der Waals surface area contributed by atoms with Crippen molar-refractivity contribution in [2.45, 2.75) is 46.1 Å². The number of nitrogens with two attached hydrogens (primary N) is 1. The lowest BCUT2D eigenvalue weighted by atomic mass is 10.1. The van der Waals surface area contributed by atoms with Gasteiger partial charge >= 0.3 is 0 Å². The molecule has 1 atom stereocenters. The van der Waals surface area contributed by atoms with Gasteiger partial charge in [-0.3, -0.25) is 0 Å². The molecule has 0 aromatic carbocycles. The molecule has 0 aromatic heterocycles. The maximum absolute atomic E-state index is 5.76. The van der Waals surface area contributed by atoms with E-state index in [0.717, 1.165) is 19.3 Å². The van der Waals surface area contributed by atoms with Crippen molar-refractivity contribution in [1.29, 1.82) is 0 Å². The molecule has 0 radical (unpaired) electrons. The first-order valence-corrected chi connectivity index (χ1v) is 4.11. The molecule has 1 nitrogen and oxygen atoms in total. The largest absolute Gasteiger partial charge is 0.327 e. The Balaban J connectivity index is 3.56. The first-order chi connectivity index (χ1) is 4.70. The molecule has 0 aliphatic rings. The maximum Gasteiger partial charge on any atom is 0.00733 e. The molecule has 10 heavy (non-hydrogen) atoms. The van der Waals surface area contributed by atoms with Gasteiger partial charge in [-0.15, -0.1) is 0 Å². The molecule has 0 aliphatic carbocycles. The van der Waals surface area contributed by atoms with Crippen molar-refractivity contribution in [3.63, 3.8) is 0 Å². The van der Waals surface area contributed by atoms with Crippen LogP contribution in [-0.4, -0.2) is 6.04 Å². The Labute approximate surface area is 64.3 Å². The van der Waals surface area contributed by atoms with Gasteiger partial charge in [-0.25, -0.2) is 0 Å². The van der Waals surface area contributed by atoms with Crippen LogP contribution in [0.1, 0.15) is 40.0 Å². The molecular formula is C9H19N. The molecule has 1 heteroatoms. The molecule has 0 spiro atoms. The molecule has 0 bridgehead atoms. The number of rotatable bonds is 4. The predicted octanol–water partition coefficient (Wildman–Crippen LogP) is 2.47. The Hall–Kier alpha value is -0.300. The summed E-state index contributed by atoms with van der Waals surface area (Å²) in [5, 5.41) is 0. The van der Waals surface area contributed by atoms with E-state index in [1.807, 2.05) is 0 Å². The second kappa shape index (κ2) is 5.48. The van der Waals surface area contributed by atoms with Crippen LogP contribution in [0, 0.1) is 0 Å². The highest BCUT2D eigenvalue weighted by molar-refractivity contribution is 4.99. The Bertz CT molecular complexity index is 105. The van der Waals surface area contributed by atoms with Gasteiger partial charge in [0.1, 0.15) is 0 Å². The molecule has 0 heterocycles. The third-order valence-electron chi connectivity index (χ3n) is 1.66. The number of hydrogen-bond donors (Lipinski definition) is 1. The lowest BCUT2D eigenvalue weighted by molar-refractivity contribution is 0.641. The molecule has 1 unspecified atom stereocenters. The average Bonchev–Trinajstić information content (AvgIpc) is 1.88. The van der Waals surface area contributed by atoms with Gasteiger partial charge in [0.25, 0.3) is 0 Å². The summed E-state index contributed by atoms with van der Waals surface area (Å²) in [6, 6.07) is 0.364. The minimum atomic E-state index is 0.364. The van der Waals surface area contributed by atoms with Crippen LogP contribution in [0.25, 0.3) is 0 Å². The second-order valence-corrected chi connectivity index (χ2v) is 2.83. The summed E-state index contributed by atoms with van der Waals surface area (Å²) >= 11 is 0. The van der Waals surface area contributed by atoms with Gasteiger partial charge in [0.05, 0.1) is 0 Å². The van der Waals surface area contributed by atoms with E-state index >= 15 is 0 Å². The fraction of sp³-hybridized carbons (Fsp3) is 0.778. The van der Waals surface area contributed by atoms with Crippen LogP contribution in [0.15, 0.2) is 11.6 Å². The molecule has 0 aromatic rings. The molecule has 0 fully saturated rings. The third kappa shape index (κ3) is 4.57. The van der Waals surface area contributed by atoms with Crippen molar-refractivity contribution in [2.75, 3.05) is 0 Å². The smallest absolute Gasteiger partial charge is 0.00733 e. The van der Waals surface area contributed by atoms with E-state index in [4.69, 9.17) is 5.73 Å². The lowest BCUT2D eigenvalue weighted by Gasteiger charge is -2.07. The van der Waals surface area contributed by atoms with E-state index in [9.17, 15) is 0 Å². The quantitative estimate of drug-likeness (QED) is 0.598. The van der Waals surface area contributed by atoms with E-state index in [2.05, 4.69) is 26.8 Å². The van der Waals surface area contributed by atoms with Crippen molar-refractivity contribution in [1.82, 2.24) is 0 Å². The minimum absolute atomic E-state index is 0.364. The SMILES string of the molecule is CC/C=C(/C)CC(N)CC. The van der Waals surface area contributed by atoms with E-state index in [1.165, 1.54) is 5.57 Å². The van der Waals surface area contributed by atoms with Crippen LogP contribution >= 0.6 is 0 Å².